The van der Waals surface area contributed by atoms with Gasteiger partial charge in [0.15, 0.2) is 0 Å². The number of amides is 1. The minimum Gasteiger partial charge on any atom is -0.480 e. The predicted molar refractivity (Wildman–Crippen MR) is 70.3 cm³/mol. The van der Waals surface area contributed by atoms with Crippen LogP contribution in [-0.4, -0.2) is 23.0 Å². The van der Waals surface area contributed by atoms with E-state index in [4.69, 9.17) is 16.7 Å². The highest BCUT2D eigenvalue weighted by Crippen LogP contribution is 2.20. The van der Waals surface area contributed by atoms with Gasteiger partial charge < -0.3 is 10.4 Å². The molecule has 0 heterocycles. The van der Waals surface area contributed by atoms with Crippen LogP contribution in [0, 0.1) is 5.82 Å². The van der Waals surface area contributed by atoms with Gasteiger partial charge >= 0.3 is 5.97 Å². The molecule has 1 amide bonds. The Morgan fingerprint density at radius 1 is 1.53 bits per heavy atom. The molecule has 0 unspecified atom stereocenters. The Labute approximate surface area is 114 Å². The van der Waals surface area contributed by atoms with Crippen LogP contribution in [0.4, 0.5) is 4.39 Å². The Hall–Kier alpha value is -1.88. The molecule has 0 saturated heterocycles. The molecule has 102 valence electrons. The van der Waals surface area contributed by atoms with Gasteiger partial charge in [0.05, 0.1) is 5.02 Å². The van der Waals surface area contributed by atoms with E-state index in [2.05, 4.69) is 5.32 Å². The molecule has 0 radical (unpaired) electrons. The Bertz CT molecular complexity index is 496. The average Bonchev–Trinajstić information content (AvgIpc) is 2.35. The predicted octanol–water partition coefficient (Wildman–Crippen LogP) is 2.47. The first-order valence-corrected chi connectivity index (χ1v) is 5.99. The summed E-state index contributed by atoms with van der Waals surface area (Å²) in [4.78, 5) is 22.2. The van der Waals surface area contributed by atoms with Crippen LogP contribution in [0.5, 0.6) is 0 Å². The number of halogens is 2. The van der Waals surface area contributed by atoms with E-state index in [1.807, 2.05) is 0 Å². The van der Waals surface area contributed by atoms with Crippen LogP contribution < -0.4 is 5.32 Å². The second-order valence-electron chi connectivity index (χ2n) is 3.78. The minimum atomic E-state index is -1.12. The number of carboxylic acid groups (broad SMARTS) is 1. The third-order valence-corrected chi connectivity index (χ3v) is 2.75. The highest BCUT2D eigenvalue weighted by molar-refractivity contribution is 6.32. The van der Waals surface area contributed by atoms with E-state index in [0.717, 1.165) is 6.08 Å². The first-order valence-electron chi connectivity index (χ1n) is 5.61. The molecule has 0 aliphatic rings. The number of rotatable bonds is 5. The van der Waals surface area contributed by atoms with Gasteiger partial charge in [0.2, 0.25) is 5.91 Å². The van der Waals surface area contributed by atoms with Gasteiger partial charge in [0.25, 0.3) is 0 Å². The third-order valence-electron chi connectivity index (χ3n) is 2.42. The van der Waals surface area contributed by atoms with E-state index in [9.17, 15) is 14.0 Å². The molecular formula is C13H13ClFNO3. The number of aliphatic carboxylic acids is 1. The lowest BCUT2D eigenvalue weighted by atomic mass is 10.2. The zero-order valence-corrected chi connectivity index (χ0v) is 10.9. The minimum absolute atomic E-state index is 0.0858. The van der Waals surface area contributed by atoms with E-state index >= 15 is 0 Å². The van der Waals surface area contributed by atoms with E-state index in [1.165, 1.54) is 24.3 Å². The van der Waals surface area contributed by atoms with Crippen LogP contribution in [0.3, 0.4) is 0 Å². The Kier molecular flexibility index (Phi) is 5.51. The first kappa shape index (κ1) is 15.2. The molecule has 1 aromatic carbocycles. The normalized spacial score (nSPS) is 12.4. The highest BCUT2D eigenvalue weighted by Gasteiger charge is 2.16. The molecule has 0 aromatic heterocycles. The van der Waals surface area contributed by atoms with Gasteiger partial charge in [0.1, 0.15) is 11.9 Å². The van der Waals surface area contributed by atoms with Crippen molar-refractivity contribution in [1.29, 1.82) is 0 Å². The Morgan fingerprint density at radius 3 is 2.74 bits per heavy atom. The van der Waals surface area contributed by atoms with Crippen LogP contribution in [-0.2, 0) is 9.59 Å². The summed E-state index contributed by atoms with van der Waals surface area (Å²) >= 11 is 5.78. The van der Waals surface area contributed by atoms with Crippen molar-refractivity contribution in [3.8, 4) is 0 Å². The highest BCUT2D eigenvalue weighted by atomic mass is 35.5. The summed E-state index contributed by atoms with van der Waals surface area (Å²) in [7, 11) is 0. The SMILES string of the molecule is CC[C@@H](NC(=O)C=Cc1c(F)cccc1Cl)C(=O)O. The Morgan fingerprint density at radius 2 is 2.21 bits per heavy atom. The van der Waals surface area contributed by atoms with Crippen LogP contribution in [0.15, 0.2) is 24.3 Å². The molecule has 0 saturated carbocycles. The molecule has 4 nitrogen and oxygen atoms in total. The average molecular weight is 286 g/mol. The topological polar surface area (TPSA) is 66.4 Å². The van der Waals surface area contributed by atoms with Gasteiger partial charge in [-0.15, -0.1) is 0 Å². The fourth-order valence-corrected chi connectivity index (χ4v) is 1.61. The van der Waals surface area contributed by atoms with E-state index in [0.29, 0.717) is 0 Å². The number of hydrogen-bond acceptors (Lipinski definition) is 2. The largest absolute Gasteiger partial charge is 0.480 e. The fourth-order valence-electron chi connectivity index (χ4n) is 1.39. The van der Waals surface area contributed by atoms with E-state index in [1.54, 1.807) is 6.92 Å². The molecule has 0 spiro atoms. The van der Waals surface area contributed by atoms with Crippen molar-refractivity contribution in [3.63, 3.8) is 0 Å². The first-order chi connectivity index (χ1) is 8.95. The number of carbonyl (C=O) groups excluding carboxylic acids is 1. The molecular weight excluding hydrogens is 273 g/mol. The number of hydrogen-bond donors (Lipinski definition) is 2. The molecule has 6 heteroatoms. The van der Waals surface area contributed by atoms with Crippen LogP contribution in [0.2, 0.25) is 5.02 Å². The molecule has 0 aliphatic heterocycles. The summed E-state index contributed by atoms with van der Waals surface area (Å²) < 4.78 is 13.4. The maximum absolute atomic E-state index is 13.4. The molecule has 0 fully saturated rings. The second kappa shape index (κ2) is 6.89. The van der Waals surface area contributed by atoms with Gasteiger partial charge in [0, 0.05) is 11.6 Å². The van der Waals surface area contributed by atoms with Crippen molar-refractivity contribution < 1.29 is 19.1 Å². The lowest BCUT2D eigenvalue weighted by molar-refractivity contribution is -0.141. The maximum atomic E-state index is 13.4. The number of nitrogens with one attached hydrogen (secondary N) is 1. The number of carbonyl (C=O) groups is 2. The van der Waals surface area contributed by atoms with E-state index < -0.39 is 23.7 Å². The summed E-state index contributed by atoms with van der Waals surface area (Å²) in [6.07, 6.45) is 2.52. The Balaban J connectivity index is 2.76. The number of carboxylic acids is 1. The summed E-state index contributed by atoms with van der Waals surface area (Å²) in [5.74, 6) is -2.29. The molecule has 1 atom stereocenters. The zero-order valence-electron chi connectivity index (χ0n) is 10.2. The van der Waals surface area contributed by atoms with Crippen molar-refractivity contribution in [2.24, 2.45) is 0 Å². The van der Waals surface area contributed by atoms with Crippen LogP contribution in [0.25, 0.3) is 6.08 Å². The van der Waals surface area contributed by atoms with Crippen LogP contribution in [0.1, 0.15) is 18.9 Å². The summed E-state index contributed by atoms with van der Waals surface area (Å²) in [6.45, 7) is 1.64. The van der Waals surface area contributed by atoms with Gasteiger partial charge in [-0.05, 0) is 24.6 Å². The lowest BCUT2D eigenvalue weighted by Gasteiger charge is -2.09. The molecule has 1 rings (SSSR count). The van der Waals surface area contributed by atoms with Gasteiger partial charge in [-0.3, -0.25) is 4.79 Å². The quantitative estimate of drug-likeness (QED) is 0.817. The summed E-state index contributed by atoms with van der Waals surface area (Å²) in [6, 6.07) is 3.20. The molecule has 19 heavy (non-hydrogen) atoms. The molecule has 0 bridgehead atoms. The molecule has 0 aliphatic carbocycles. The molecule has 2 N–H and O–H groups in total. The maximum Gasteiger partial charge on any atom is 0.326 e. The van der Waals surface area contributed by atoms with Crippen molar-refractivity contribution in [2.75, 3.05) is 0 Å². The van der Waals surface area contributed by atoms with Gasteiger partial charge in [-0.25, -0.2) is 9.18 Å². The van der Waals surface area contributed by atoms with Gasteiger partial charge in [-0.2, -0.15) is 0 Å². The van der Waals surface area contributed by atoms with Crippen LogP contribution >= 0.6 is 11.6 Å². The number of benzene rings is 1. The van der Waals surface area contributed by atoms with Crippen molar-refractivity contribution >= 4 is 29.6 Å². The lowest BCUT2D eigenvalue weighted by Crippen LogP contribution is -2.39. The van der Waals surface area contributed by atoms with Crippen molar-refractivity contribution in [3.05, 3.63) is 40.7 Å². The smallest absolute Gasteiger partial charge is 0.326 e. The summed E-state index contributed by atoms with van der Waals surface area (Å²) in [5, 5.41) is 11.2. The third kappa shape index (κ3) is 4.37. The molecule has 1 aromatic rings. The van der Waals surface area contributed by atoms with Crippen molar-refractivity contribution in [2.45, 2.75) is 19.4 Å². The second-order valence-corrected chi connectivity index (χ2v) is 4.18. The standard InChI is InChI=1S/C13H13ClFNO3/c1-2-11(13(18)19)16-12(17)7-6-8-9(14)4-3-5-10(8)15/h3-7,11H,2H2,1H3,(H,16,17)(H,18,19)/t11-/m1/s1. The van der Waals surface area contributed by atoms with Crippen molar-refractivity contribution in [1.82, 2.24) is 5.32 Å². The fraction of sp³-hybridized carbons (Fsp3) is 0.231. The summed E-state index contributed by atoms with van der Waals surface area (Å²) in [5.41, 5.74) is 0.0858. The zero-order chi connectivity index (χ0) is 14.4. The monoisotopic (exact) mass is 285 g/mol. The van der Waals surface area contributed by atoms with Gasteiger partial charge in [-0.1, -0.05) is 24.6 Å². The van der Waals surface area contributed by atoms with E-state index in [-0.39, 0.29) is 17.0 Å².